The smallest absolute Gasteiger partial charge is 0.330 e. The Bertz CT molecular complexity index is 1150. The first-order valence-electron chi connectivity index (χ1n) is 9.59. The number of hydrogen-bond donors (Lipinski definition) is 0. The summed E-state index contributed by atoms with van der Waals surface area (Å²) in [4.78, 5) is 12.6. The monoisotopic (exact) mass is 450 g/mol. The van der Waals surface area contributed by atoms with Crippen LogP contribution in [0.1, 0.15) is 11.1 Å². The zero-order valence-electron chi connectivity index (χ0n) is 16.8. The van der Waals surface area contributed by atoms with E-state index < -0.39 is 15.8 Å². The molecule has 0 saturated heterocycles. The van der Waals surface area contributed by atoms with Gasteiger partial charge in [-0.2, -0.15) is 0 Å². The molecule has 0 aliphatic rings. The molecule has 0 spiro atoms. The predicted molar refractivity (Wildman–Crippen MR) is 126 cm³/mol. The molecule has 0 fully saturated rings. The molecule has 0 N–H and O–H groups in total. The third-order valence-corrected chi connectivity index (χ3v) is 7.12. The van der Waals surface area contributed by atoms with Crippen LogP contribution in [0.15, 0.2) is 106 Å². The van der Waals surface area contributed by atoms with Gasteiger partial charge >= 0.3 is 5.97 Å². The molecule has 0 aliphatic heterocycles. The van der Waals surface area contributed by atoms with Crippen molar-refractivity contribution in [2.75, 3.05) is 12.4 Å². The fraction of sp³-hybridized carbons (Fsp3) is 0.0800. The number of sulfone groups is 1. The van der Waals surface area contributed by atoms with Crippen LogP contribution in [0.4, 0.5) is 0 Å². The van der Waals surface area contributed by atoms with E-state index in [-0.39, 0.29) is 9.79 Å². The number of thioether (sulfide) groups is 1. The third kappa shape index (κ3) is 6.44. The summed E-state index contributed by atoms with van der Waals surface area (Å²) in [7, 11) is -3.50. The molecule has 0 atom stereocenters. The molecule has 0 saturated carbocycles. The first kappa shape index (κ1) is 22.6. The summed E-state index contributed by atoms with van der Waals surface area (Å²) in [6.07, 6.45) is 5.07. The molecule has 3 aromatic carbocycles. The highest BCUT2D eigenvalue weighted by Crippen LogP contribution is 2.22. The molecule has 158 valence electrons. The second-order valence-electron chi connectivity index (χ2n) is 6.51. The van der Waals surface area contributed by atoms with Crippen molar-refractivity contribution in [2.45, 2.75) is 14.7 Å². The first-order valence-corrected chi connectivity index (χ1v) is 12.1. The molecule has 0 aliphatic carbocycles. The van der Waals surface area contributed by atoms with Crippen LogP contribution >= 0.6 is 11.8 Å². The van der Waals surface area contributed by atoms with Gasteiger partial charge in [0.2, 0.25) is 9.84 Å². The highest BCUT2D eigenvalue weighted by molar-refractivity contribution is 7.99. The van der Waals surface area contributed by atoms with Gasteiger partial charge in [-0.15, -0.1) is 11.8 Å². The summed E-state index contributed by atoms with van der Waals surface area (Å²) >= 11 is 1.61. The maximum absolute atomic E-state index is 12.7. The minimum Gasteiger partial charge on any atom is -0.462 e. The van der Waals surface area contributed by atoms with Gasteiger partial charge in [0, 0.05) is 16.7 Å². The Morgan fingerprint density at radius 1 is 0.839 bits per heavy atom. The maximum Gasteiger partial charge on any atom is 0.330 e. The van der Waals surface area contributed by atoms with Crippen LogP contribution in [0.2, 0.25) is 0 Å². The first-order chi connectivity index (χ1) is 15.0. The summed E-state index contributed by atoms with van der Waals surface area (Å²) in [5.74, 6) is 0.263. The van der Waals surface area contributed by atoms with E-state index in [0.717, 1.165) is 22.1 Å². The van der Waals surface area contributed by atoms with Crippen molar-refractivity contribution < 1.29 is 17.9 Å². The van der Waals surface area contributed by atoms with Gasteiger partial charge in [0.1, 0.15) is 6.61 Å². The van der Waals surface area contributed by atoms with E-state index in [1.165, 1.54) is 0 Å². The highest BCUT2D eigenvalue weighted by Gasteiger charge is 2.16. The summed E-state index contributed by atoms with van der Waals surface area (Å²) in [6.45, 7) is 3.70. The van der Waals surface area contributed by atoms with E-state index >= 15 is 0 Å². The SMILES string of the molecule is C=CC(=O)OCCSc1ccc(/C=C/c2ccc(S(=O)(=O)c3ccccc3)cc2)cc1. The minimum atomic E-state index is -3.50. The number of esters is 1. The molecule has 0 amide bonds. The van der Waals surface area contributed by atoms with Crippen LogP contribution in [-0.2, 0) is 19.4 Å². The Morgan fingerprint density at radius 2 is 1.39 bits per heavy atom. The topological polar surface area (TPSA) is 60.4 Å². The van der Waals surface area contributed by atoms with Crippen LogP contribution in [-0.4, -0.2) is 26.7 Å². The van der Waals surface area contributed by atoms with Crippen LogP contribution < -0.4 is 0 Å². The van der Waals surface area contributed by atoms with Gasteiger partial charge in [-0.3, -0.25) is 0 Å². The van der Waals surface area contributed by atoms with Crippen LogP contribution in [0, 0.1) is 0 Å². The van der Waals surface area contributed by atoms with E-state index in [4.69, 9.17) is 4.74 Å². The number of hydrogen-bond acceptors (Lipinski definition) is 5. The number of carbonyl (C=O) groups is 1. The number of ether oxygens (including phenoxy) is 1. The van der Waals surface area contributed by atoms with E-state index in [0.29, 0.717) is 12.4 Å². The minimum absolute atomic E-state index is 0.274. The predicted octanol–water partition coefficient (Wildman–Crippen LogP) is 5.51. The van der Waals surface area contributed by atoms with Crippen molar-refractivity contribution in [3.8, 4) is 0 Å². The van der Waals surface area contributed by atoms with Crippen molar-refractivity contribution in [3.63, 3.8) is 0 Å². The van der Waals surface area contributed by atoms with Gasteiger partial charge in [-0.1, -0.05) is 61.2 Å². The van der Waals surface area contributed by atoms with Crippen molar-refractivity contribution in [2.24, 2.45) is 0 Å². The molecule has 31 heavy (non-hydrogen) atoms. The van der Waals surface area contributed by atoms with E-state index in [1.807, 2.05) is 36.4 Å². The van der Waals surface area contributed by atoms with Crippen LogP contribution in [0.3, 0.4) is 0 Å². The second-order valence-corrected chi connectivity index (χ2v) is 9.63. The van der Waals surface area contributed by atoms with Crippen LogP contribution in [0.25, 0.3) is 12.2 Å². The lowest BCUT2D eigenvalue weighted by atomic mass is 10.1. The zero-order chi connectivity index (χ0) is 22.1. The number of rotatable bonds is 9. The maximum atomic E-state index is 12.7. The molecular formula is C25H22O4S2. The second kappa shape index (κ2) is 10.8. The number of carbonyl (C=O) groups excluding carboxylic acids is 1. The molecule has 0 heterocycles. The lowest BCUT2D eigenvalue weighted by Crippen LogP contribution is -2.03. The average molecular weight is 451 g/mol. The lowest BCUT2D eigenvalue weighted by Gasteiger charge is -2.05. The summed E-state index contributed by atoms with van der Waals surface area (Å²) in [6, 6.07) is 23.3. The molecule has 6 heteroatoms. The van der Waals surface area contributed by atoms with Gasteiger partial charge in [0.25, 0.3) is 0 Å². The van der Waals surface area contributed by atoms with Crippen molar-refractivity contribution in [1.29, 1.82) is 0 Å². The largest absolute Gasteiger partial charge is 0.462 e. The molecule has 0 bridgehead atoms. The fourth-order valence-corrected chi connectivity index (χ4v) is 4.74. The third-order valence-electron chi connectivity index (χ3n) is 4.36. The normalized spacial score (nSPS) is 11.4. The molecule has 3 rings (SSSR count). The molecule has 0 unspecified atom stereocenters. The average Bonchev–Trinajstić information content (AvgIpc) is 2.82. The molecule has 4 nitrogen and oxygen atoms in total. The summed E-state index contributed by atoms with van der Waals surface area (Å²) in [5, 5.41) is 0. The van der Waals surface area contributed by atoms with E-state index in [9.17, 15) is 13.2 Å². The van der Waals surface area contributed by atoms with E-state index in [1.54, 1.807) is 66.4 Å². The van der Waals surface area contributed by atoms with Crippen molar-refractivity contribution >= 4 is 39.7 Å². The standard InChI is InChI=1S/C25H22O4S2/c1-2-25(26)29-18-19-30-22-14-10-20(11-15-22)8-9-21-12-16-24(17-13-21)31(27,28)23-6-4-3-5-7-23/h2-17H,1,18-19H2/b9-8+. The Morgan fingerprint density at radius 3 is 1.97 bits per heavy atom. The van der Waals surface area contributed by atoms with Gasteiger partial charge in [-0.05, 0) is 47.5 Å². The molecule has 0 aromatic heterocycles. The Balaban J connectivity index is 1.58. The lowest BCUT2D eigenvalue weighted by molar-refractivity contribution is -0.137. The highest BCUT2D eigenvalue weighted by atomic mass is 32.2. The van der Waals surface area contributed by atoms with Crippen molar-refractivity contribution in [3.05, 3.63) is 103 Å². The van der Waals surface area contributed by atoms with E-state index in [2.05, 4.69) is 6.58 Å². The number of benzene rings is 3. The quantitative estimate of drug-likeness (QED) is 0.141. The Kier molecular flexibility index (Phi) is 7.87. The molecule has 0 radical (unpaired) electrons. The molecular weight excluding hydrogens is 428 g/mol. The van der Waals surface area contributed by atoms with Gasteiger partial charge in [-0.25, -0.2) is 13.2 Å². The fourth-order valence-electron chi connectivity index (χ4n) is 2.72. The Labute approximate surface area is 187 Å². The Hall–Kier alpha value is -3.09. The summed E-state index contributed by atoms with van der Waals surface area (Å²) in [5.41, 5.74) is 1.94. The van der Waals surface area contributed by atoms with Gasteiger partial charge in [0.15, 0.2) is 0 Å². The van der Waals surface area contributed by atoms with Crippen molar-refractivity contribution in [1.82, 2.24) is 0 Å². The van der Waals surface area contributed by atoms with Gasteiger partial charge < -0.3 is 4.74 Å². The molecule has 3 aromatic rings. The zero-order valence-corrected chi connectivity index (χ0v) is 18.4. The van der Waals surface area contributed by atoms with Gasteiger partial charge in [0.05, 0.1) is 9.79 Å². The van der Waals surface area contributed by atoms with Crippen LogP contribution in [0.5, 0.6) is 0 Å². The summed E-state index contributed by atoms with van der Waals surface area (Å²) < 4.78 is 30.3.